The summed E-state index contributed by atoms with van der Waals surface area (Å²) in [5.74, 6) is -0.169. The first-order valence-electron chi connectivity index (χ1n) is 11.2. The first-order valence-corrected chi connectivity index (χ1v) is 11.6. The second kappa shape index (κ2) is 9.98. The minimum atomic E-state index is -0.497. The molecule has 7 heteroatoms. The van der Waals surface area contributed by atoms with Crippen molar-refractivity contribution in [2.45, 2.75) is 6.54 Å². The number of hydrogen-bond donors (Lipinski definition) is 2. The highest BCUT2D eigenvalue weighted by atomic mass is 35.5. The summed E-state index contributed by atoms with van der Waals surface area (Å²) in [6.45, 7) is 0.181. The summed E-state index contributed by atoms with van der Waals surface area (Å²) in [5, 5.41) is 22.4. The number of halogens is 1. The molecule has 5 aromatic rings. The number of pyridine rings is 1. The maximum absolute atomic E-state index is 13.6. The Morgan fingerprint density at radius 3 is 2.36 bits per heavy atom. The Morgan fingerprint density at radius 1 is 0.889 bits per heavy atom. The van der Waals surface area contributed by atoms with Crippen LogP contribution in [0.4, 0.5) is 0 Å². The van der Waals surface area contributed by atoms with Crippen molar-refractivity contribution in [1.82, 2.24) is 9.55 Å². The van der Waals surface area contributed by atoms with Gasteiger partial charge in [-0.2, -0.15) is 0 Å². The molecule has 0 aliphatic heterocycles. The van der Waals surface area contributed by atoms with E-state index in [0.29, 0.717) is 33.3 Å². The summed E-state index contributed by atoms with van der Waals surface area (Å²) in [6, 6.07) is 26.5. The maximum Gasteiger partial charge on any atom is 0.236 e. The SMILES string of the molecule is O=C(c1ccc(Cl)cc1)c1c(O)c(O)n(Cc2cccnc2)c1-c1cccc(Oc2ccccc2)c1. The molecule has 178 valence electrons. The van der Waals surface area contributed by atoms with Gasteiger partial charge < -0.3 is 19.5 Å². The maximum atomic E-state index is 13.6. The average Bonchev–Trinajstić information content (AvgIpc) is 3.15. The van der Waals surface area contributed by atoms with Gasteiger partial charge in [0, 0.05) is 28.5 Å². The highest BCUT2D eigenvalue weighted by molar-refractivity contribution is 6.30. The van der Waals surface area contributed by atoms with Gasteiger partial charge in [0.05, 0.1) is 17.8 Å². The zero-order valence-corrected chi connectivity index (χ0v) is 19.8. The Hall–Kier alpha value is -4.55. The number of nitrogens with zero attached hydrogens (tertiary/aromatic N) is 2. The standard InChI is InChI=1S/C29H21ClN2O4/c30-22-13-11-20(12-14-22)27(33)25-26(32(29(35)28(25)34)18-19-6-5-15-31-17-19)21-7-4-10-24(16-21)36-23-8-2-1-3-9-23/h1-17,34-35H,18H2. The molecule has 0 saturated carbocycles. The number of carbonyl (C=O) groups is 1. The molecule has 2 aromatic heterocycles. The summed E-state index contributed by atoms with van der Waals surface area (Å²) >= 11 is 6.00. The molecule has 3 aromatic carbocycles. The van der Waals surface area contributed by atoms with Crippen molar-refractivity contribution in [3.63, 3.8) is 0 Å². The molecule has 0 aliphatic rings. The molecule has 36 heavy (non-hydrogen) atoms. The zero-order chi connectivity index (χ0) is 25.1. The Morgan fingerprint density at radius 2 is 1.64 bits per heavy atom. The first-order chi connectivity index (χ1) is 17.5. The number of rotatable bonds is 7. The lowest BCUT2D eigenvalue weighted by atomic mass is 9.99. The molecule has 0 radical (unpaired) electrons. The minimum Gasteiger partial charge on any atom is -0.503 e. The van der Waals surface area contributed by atoms with Crippen molar-refractivity contribution in [2.75, 3.05) is 0 Å². The number of carbonyl (C=O) groups excluding carboxylic acids is 1. The van der Waals surface area contributed by atoms with Crippen LogP contribution in [0.1, 0.15) is 21.5 Å². The van der Waals surface area contributed by atoms with Crippen LogP contribution in [0.15, 0.2) is 103 Å². The number of para-hydroxylation sites is 1. The van der Waals surface area contributed by atoms with E-state index >= 15 is 0 Å². The fraction of sp³-hybridized carbons (Fsp3) is 0.0345. The smallest absolute Gasteiger partial charge is 0.236 e. The van der Waals surface area contributed by atoms with Crippen LogP contribution >= 0.6 is 11.6 Å². The van der Waals surface area contributed by atoms with E-state index in [1.165, 1.54) is 4.57 Å². The lowest BCUT2D eigenvalue weighted by molar-refractivity contribution is 0.103. The Kier molecular flexibility index (Phi) is 6.43. The molecule has 0 amide bonds. The summed E-state index contributed by atoms with van der Waals surface area (Å²) in [6.07, 6.45) is 3.31. The number of ketones is 1. The lowest BCUT2D eigenvalue weighted by Gasteiger charge is -2.13. The van der Waals surface area contributed by atoms with Gasteiger partial charge >= 0.3 is 0 Å². The van der Waals surface area contributed by atoms with E-state index in [0.717, 1.165) is 5.56 Å². The molecule has 0 spiro atoms. The van der Waals surface area contributed by atoms with E-state index < -0.39 is 17.4 Å². The number of aromatic hydroxyl groups is 2. The molecule has 0 saturated heterocycles. The van der Waals surface area contributed by atoms with E-state index in [1.54, 1.807) is 67.0 Å². The van der Waals surface area contributed by atoms with E-state index in [4.69, 9.17) is 16.3 Å². The van der Waals surface area contributed by atoms with Crippen LogP contribution < -0.4 is 4.74 Å². The molecular weight excluding hydrogens is 476 g/mol. The summed E-state index contributed by atoms with van der Waals surface area (Å²) in [4.78, 5) is 17.7. The Bertz CT molecular complexity index is 1510. The van der Waals surface area contributed by atoms with Gasteiger partial charge in [-0.3, -0.25) is 9.78 Å². The van der Waals surface area contributed by atoms with Gasteiger partial charge in [-0.05, 0) is 60.2 Å². The van der Waals surface area contributed by atoms with Crippen molar-refractivity contribution < 1.29 is 19.7 Å². The molecule has 0 atom stereocenters. The van der Waals surface area contributed by atoms with Gasteiger partial charge in [0.2, 0.25) is 5.88 Å². The molecule has 0 bridgehead atoms. The monoisotopic (exact) mass is 496 g/mol. The lowest BCUT2D eigenvalue weighted by Crippen LogP contribution is -2.07. The van der Waals surface area contributed by atoms with Crippen molar-refractivity contribution >= 4 is 17.4 Å². The van der Waals surface area contributed by atoms with Crippen LogP contribution in [0.2, 0.25) is 5.02 Å². The molecule has 2 N–H and O–H groups in total. The number of hydrogen-bond acceptors (Lipinski definition) is 5. The van der Waals surface area contributed by atoms with Gasteiger partial charge in [-0.1, -0.05) is 48.0 Å². The minimum absolute atomic E-state index is 0.0180. The molecule has 0 fully saturated rings. The zero-order valence-electron chi connectivity index (χ0n) is 19.0. The average molecular weight is 497 g/mol. The van der Waals surface area contributed by atoms with Gasteiger partial charge in [0.25, 0.3) is 0 Å². The van der Waals surface area contributed by atoms with Gasteiger partial charge in [-0.15, -0.1) is 0 Å². The van der Waals surface area contributed by atoms with Crippen molar-refractivity contribution in [2.24, 2.45) is 0 Å². The third-order valence-corrected chi connectivity index (χ3v) is 5.95. The normalized spacial score (nSPS) is 10.8. The van der Waals surface area contributed by atoms with Crippen LogP contribution in [0.5, 0.6) is 23.1 Å². The molecule has 0 unspecified atom stereocenters. The first kappa shape index (κ1) is 23.2. The fourth-order valence-corrected chi connectivity index (χ4v) is 4.14. The van der Waals surface area contributed by atoms with Crippen molar-refractivity contribution in [1.29, 1.82) is 0 Å². The predicted molar refractivity (Wildman–Crippen MR) is 138 cm³/mol. The van der Waals surface area contributed by atoms with E-state index in [9.17, 15) is 15.0 Å². The van der Waals surface area contributed by atoms with Crippen LogP contribution in [0.25, 0.3) is 11.3 Å². The summed E-state index contributed by atoms with van der Waals surface area (Å²) in [5.41, 5.74) is 2.03. The molecule has 0 aliphatic carbocycles. The highest BCUT2D eigenvalue weighted by Gasteiger charge is 2.29. The second-order valence-corrected chi connectivity index (χ2v) is 8.56. The third kappa shape index (κ3) is 4.67. The van der Waals surface area contributed by atoms with Crippen LogP contribution in [-0.4, -0.2) is 25.5 Å². The topological polar surface area (TPSA) is 84.6 Å². The molecule has 6 nitrogen and oxygen atoms in total. The van der Waals surface area contributed by atoms with Crippen LogP contribution in [0.3, 0.4) is 0 Å². The number of aromatic nitrogens is 2. The van der Waals surface area contributed by atoms with Gasteiger partial charge in [0.1, 0.15) is 11.5 Å². The summed E-state index contributed by atoms with van der Waals surface area (Å²) in [7, 11) is 0. The van der Waals surface area contributed by atoms with Crippen LogP contribution in [0, 0.1) is 0 Å². The second-order valence-electron chi connectivity index (χ2n) is 8.12. The Balaban J connectivity index is 1.66. The van der Waals surface area contributed by atoms with Gasteiger partial charge in [-0.25, -0.2) is 0 Å². The molecule has 5 rings (SSSR count). The van der Waals surface area contributed by atoms with Gasteiger partial charge in [0.15, 0.2) is 11.5 Å². The third-order valence-electron chi connectivity index (χ3n) is 5.69. The van der Waals surface area contributed by atoms with Crippen LogP contribution in [-0.2, 0) is 6.54 Å². The number of benzene rings is 3. The van der Waals surface area contributed by atoms with E-state index in [2.05, 4.69) is 4.98 Å². The Labute approximate surface area is 212 Å². The quantitative estimate of drug-likeness (QED) is 0.245. The van der Waals surface area contributed by atoms with E-state index in [-0.39, 0.29) is 12.1 Å². The fourth-order valence-electron chi connectivity index (χ4n) is 4.01. The largest absolute Gasteiger partial charge is 0.503 e. The number of ether oxygens (including phenoxy) is 1. The van der Waals surface area contributed by atoms with E-state index in [1.807, 2.05) is 36.4 Å². The van der Waals surface area contributed by atoms with Crippen molar-refractivity contribution in [3.05, 3.63) is 125 Å². The predicted octanol–water partition coefficient (Wildman–Crippen LogP) is 6.69. The molecule has 2 heterocycles. The highest BCUT2D eigenvalue weighted by Crippen LogP contribution is 2.43. The summed E-state index contributed by atoms with van der Waals surface area (Å²) < 4.78 is 7.49. The van der Waals surface area contributed by atoms with Crippen molar-refractivity contribution in [3.8, 4) is 34.4 Å². The molecular formula is C29H21ClN2O4.